The van der Waals surface area contributed by atoms with Crippen molar-refractivity contribution in [1.82, 2.24) is 15.2 Å². The van der Waals surface area contributed by atoms with E-state index in [2.05, 4.69) is 20.5 Å². The third-order valence-electron chi connectivity index (χ3n) is 6.34. The molecule has 3 aromatic rings. The molecule has 0 radical (unpaired) electrons. The monoisotopic (exact) mass is 497 g/mol. The number of aliphatic hydroxyl groups excluding tert-OH is 1. The van der Waals surface area contributed by atoms with Gasteiger partial charge < -0.3 is 25.4 Å². The number of rotatable bonds is 9. The highest BCUT2D eigenvalue weighted by atomic mass is 19.1. The maximum atomic E-state index is 13.5. The molecule has 3 N–H and O–H groups in total. The van der Waals surface area contributed by atoms with Gasteiger partial charge in [-0.05, 0) is 67.9 Å². The molecule has 2 aromatic carbocycles. The number of β-amino-alcohol motifs (C(OH)–C–C–N with tert-alkyl or cyclic N) is 1. The second-order valence-corrected chi connectivity index (χ2v) is 8.73. The molecule has 190 valence electrons. The third kappa shape index (κ3) is 6.11. The number of aliphatic hydroxyl groups is 1. The highest BCUT2D eigenvalue weighted by Crippen LogP contribution is 2.28. The summed E-state index contributed by atoms with van der Waals surface area (Å²) in [6.07, 6.45) is 2.61. The summed E-state index contributed by atoms with van der Waals surface area (Å²) in [7, 11) is 1.60. The second-order valence-electron chi connectivity index (χ2n) is 8.73. The van der Waals surface area contributed by atoms with E-state index < -0.39 is 22.5 Å². The summed E-state index contributed by atoms with van der Waals surface area (Å²) in [4.78, 5) is 28.8. The molecule has 11 heteroatoms. The van der Waals surface area contributed by atoms with Gasteiger partial charge >= 0.3 is 5.69 Å². The first-order chi connectivity index (χ1) is 17.3. The Labute approximate surface area is 207 Å². The molecule has 0 saturated carbocycles. The molecule has 1 saturated heterocycles. The van der Waals surface area contributed by atoms with Crippen molar-refractivity contribution in [2.24, 2.45) is 0 Å². The summed E-state index contributed by atoms with van der Waals surface area (Å²) >= 11 is 0. The summed E-state index contributed by atoms with van der Waals surface area (Å²) in [5.41, 5.74) is 1.08. The average Bonchev–Trinajstić information content (AvgIpc) is 2.88. The van der Waals surface area contributed by atoms with E-state index in [0.717, 1.165) is 54.5 Å². The zero-order valence-electron chi connectivity index (χ0n) is 19.8. The molecule has 0 bridgehead atoms. The smallest absolute Gasteiger partial charge is 0.306 e. The molecule has 0 aliphatic carbocycles. The lowest BCUT2D eigenvalue weighted by Crippen LogP contribution is -2.45. The number of nitrogens with zero attached hydrogens (tertiary/aromatic N) is 3. The van der Waals surface area contributed by atoms with E-state index >= 15 is 0 Å². The molecule has 1 aromatic heterocycles. The lowest BCUT2D eigenvalue weighted by Gasteiger charge is -2.33. The number of hydrogen-bond donors (Lipinski definition) is 3. The van der Waals surface area contributed by atoms with Crippen LogP contribution in [0.4, 0.5) is 15.8 Å². The Balaban J connectivity index is 1.25. The van der Waals surface area contributed by atoms with Crippen LogP contribution in [0.5, 0.6) is 5.75 Å². The Kier molecular flexibility index (Phi) is 8.04. The fourth-order valence-corrected chi connectivity index (χ4v) is 4.40. The van der Waals surface area contributed by atoms with Crippen molar-refractivity contribution < 1.29 is 24.0 Å². The summed E-state index contributed by atoms with van der Waals surface area (Å²) in [6.45, 7) is 2.02. The Morgan fingerprint density at radius 3 is 2.78 bits per heavy atom. The summed E-state index contributed by atoms with van der Waals surface area (Å²) < 4.78 is 18.8. The fraction of sp³-hybridized carbons (Fsp3) is 0.360. The number of carbonyl (C=O) groups is 1. The van der Waals surface area contributed by atoms with Crippen LogP contribution in [0, 0.1) is 15.9 Å². The molecule has 36 heavy (non-hydrogen) atoms. The van der Waals surface area contributed by atoms with E-state index in [1.165, 1.54) is 6.07 Å². The van der Waals surface area contributed by atoms with Crippen LogP contribution in [0.15, 0.2) is 48.7 Å². The molecule has 0 unspecified atom stereocenters. The van der Waals surface area contributed by atoms with Crippen molar-refractivity contribution in [2.45, 2.75) is 25.0 Å². The minimum absolute atomic E-state index is 0.0311. The van der Waals surface area contributed by atoms with Crippen molar-refractivity contribution in [2.75, 3.05) is 38.6 Å². The van der Waals surface area contributed by atoms with Crippen LogP contribution >= 0.6 is 0 Å². The predicted molar refractivity (Wildman–Crippen MR) is 132 cm³/mol. The summed E-state index contributed by atoms with van der Waals surface area (Å²) in [5, 5.41) is 28.4. The lowest BCUT2D eigenvalue weighted by molar-refractivity contribution is -0.387. The maximum absolute atomic E-state index is 13.5. The lowest BCUT2D eigenvalue weighted by atomic mass is 10.0. The molecular weight excluding hydrogens is 469 g/mol. The average molecular weight is 498 g/mol. The molecule has 1 aliphatic rings. The van der Waals surface area contributed by atoms with Gasteiger partial charge in [0.2, 0.25) is 11.7 Å². The van der Waals surface area contributed by atoms with Gasteiger partial charge in [-0.25, -0.2) is 0 Å². The highest BCUT2D eigenvalue weighted by molar-refractivity contribution is 5.92. The Morgan fingerprint density at radius 1 is 1.28 bits per heavy atom. The van der Waals surface area contributed by atoms with Crippen LogP contribution in [0.1, 0.15) is 24.5 Å². The number of anilines is 1. The van der Waals surface area contributed by atoms with Crippen LogP contribution in [0.2, 0.25) is 0 Å². The summed E-state index contributed by atoms with van der Waals surface area (Å²) in [6, 6.07) is 10.8. The van der Waals surface area contributed by atoms with Crippen molar-refractivity contribution in [3.05, 3.63) is 70.2 Å². The topological polar surface area (TPSA) is 130 Å². The Bertz CT molecular complexity index is 1250. The number of aromatic nitrogens is 1. The number of amides is 1. The number of hydrogen-bond acceptors (Lipinski definition) is 8. The number of fused-ring (bicyclic) bond motifs is 1. The van der Waals surface area contributed by atoms with Gasteiger partial charge in [-0.2, -0.15) is 4.39 Å². The van der Waals surface area contributed by atoms with Gasteiger partial charge in [-0.3, -0.25) is 19.9 Å². The molecule has 1 aliphatic heterocycles. The molecule has 10 nitrogen and oxygen atoms in total. The zero-order chi connectivity index (χ0) is 25.7. The maximum Gasteiger partial charge on any atom is 0.306 e. The zero-order valence-corrected chi connectivity index (χ0v) is 19.8. The van der Waals surface area contributed by atoms with Gasteiger partial charge in [0.05, 0.1) is 30.2 Å². The van der Waals surface area contributed by atoms with E-state index in [4.69, 9.17) is 4.74 Å². The van der Waals surface area contributed by atoms with Crippen LogP contribution < -0.4 is 15.4 Å². The normalized spacial score (nSPS) is 15.5. The number of carbonyl (C=O) groups excluding carboxylic acids is 1. The third-order valence-corrected chi connectivity index (χ3v) is 6.34. The molecule has 0 spiro atoms. The van der Waals surface area contributed by atoms with Crippen molar-refractivity contribution in [1.29, 1.82) is 0 Å². The van der Waals surface area contributed by atoms with Crippen LogP contribution in [-0.4, -0.2) is 65.2 Å². The molecule has 1 fully saturated rings. The molecular formula is C25H28FN5O5. The number of pyridine rings is 1. The number of nitro benzene ring substituents is 1. The van der Waals surface area contributed by atoms with Crippen molar-refractivity contribution >= 4 is 28.2 Å². The highest BCUT2D eigenvalue weighted by Gasteiger charge is 2.23. The summed E-state index contributed by atoms with van der Waals surface area (Å²) in [5.74, 6) is -0.615. The fourth-order valence-electron chi connectivity index (χ4n) is 4.40. The number of nitro groups is 1. The van der Waals surface area contributed by atoms with Crippen LogP contribution in [0.3, 0.4) is 0 Å². The first-order valence-electron chi connectivity index (χ1n) is 11.6. The van der Waals surface area contributed by atoms with Crippen molar-refractivity contribution in [3.8, 4) is 5.75 Å². The van der Waals surface area contributed by atoms with Gasteiger partial charge in [0.15, 0.2) is 0 Å². The van der Waals surface area contributed by atoms with Gasteiger partial charge in [-0.1, -0.05) is 0 Å². The van der Waals surface area contributed by atoms with Gasteiger partial charge in [-0.15, -0.1) is 0 Å². The van der Waals surface area contributed by atoms with E-state index in [-0.39, 0.29) is 24.2 Å². The standard InChI is InChI=1S/C25H28FN5O5/c1-36-18-3-5-22-20(13-18)19(6-9-27-22)24(32)15-30-10-7-16(8-11-30)28-14-25(33)29-17-2-4-21(26)23(12-17)31(34)35/h2-6,9,12-13,16,24,28,32H,7-8,10-11,14-15H2,1H3,(H,29,33)/t24-/m0/s1. The van der Waals surface area contributed by atoms with E-state index in [1.54, 1.807) is 13.3 Å². The number of methoxy groups -OCH3 is 1. The van der Waals surface area contributed by atoms with Crippen molar-refractivity contribution in [3.63, 3.8) is 0 Å². The predicted octanol–water partition coefficient (Wildman–Crippen LogP) is 3.02. The van der Waals surface area contributed by atoms with Crippen LogP contribution in [-0.2, 0) is 4.79 Å². The molecule has 2 heterocycles. The number of nitrogens with one attached hydrogen (secondary N) is 2. The number of likely N-dealkylation sites (tertiary alicyclic amines) is 1. The number of piperidine rings is 1. The SMILES string of the molecule is COc1ccc2nccc([C@@H](O)CN3CCC(NCC(=O)Nc4ccc(F)c([N+](=O)[O-])c4)CC3)c2c1. The largest absolute Gasteiger partial charge is 0.497 e. The van der Waals surface area contributed by atoms with E-state index in [9.17, 15) is 24.4 Å². The number of halogens is 1. The molecule has 1 amide bonds. The van der Waals surface area contributed by atoms with E-state index in [0.29, 0.717) is 12.3 Å². The quantitative estimate of drug-likeness (QED) is 0.304. The number of benzene rings is 2. The molecule has 4 rings (SSSR count). The second kappa shape index (κ2) is 11.4. The first-order valence-corrected chi connectivity index (χ1v) is 11.6. The minimum atomic E-state index is -0.954. The number of ether oxygens (including phenoxy) is 1. The van der Waals surface area contributed by atoms with Crippen LogP contribution in [0.25, 0.3) is 10.9 Å². The van der Waals surface area contributed by atoms with Gasteiger partial charge in [0.25, 0.3) is 0 Å². The first kappa shape index (κ1) is 25.4. The van der Waals surface area contributed by atoms with Gasteiger partial charge in [0.1, 0.15) is 5.75 Å². The molecule has 1 atom stereocenters. The van der Waals surface area contributed by atoms with E-state index in [1.807, 2.05) is 24.3 Å². The Morgan fingerprint density at radius 2 is 2.06 bits per heavy atom. The Hall–Kier alpha value is -3.67. The van der Waals surface area contributed by atoms with Gasteiger partial charge in [0, 0.05) is 35.9 Å². The minimum Gasteiger partial charge on any atom is -0.497 e.